The summed E-state index contributed by atoms with van der Waals surface area (Å²) in [5.41, 5.74) is 0.121. The second kappa shape index (κ2) is 7.00. The molecule has 4 atom stereocenters. The van der Waals surface area contributed by atoms with E-state index in [0.717, 1.165) is 32.1 Å². The average Bonchev–Trinajstić information content (AvgIpc) is 2.90. The predicted molar refractivity (Wildman–Crippen MR) is 88.8 cm³/mol. The number of Topliss-reactive ketones (excluding diaryl/α,β-unsaturated/α-hetero) is 1. The zero-order valence-electron chi connectivity index (χ0n) is 14.2. The van der Waals surface area contributed by atoms with Gasteiger partial charge in [0.1, 0.15) is 5.78 Å². The van der Waals surface area contributed by atoms with Crippen LogP contribution in [-0.4, -0.2) is 40.0 Å². The number of carbonyl (C=O) groups excluding carboxylic acids is 1. The second-order valence-corrected chi connectivity index (χ2v) is 7.86. The molecule has 3 nitrogen and oxygen atoms in total. The van der Waals surface area contributed by atoms with Crippen molar-refractivity contribution in [3.05, 3.63) is 0 Å². The van der Waals surface area contributed by atoms with Gasteiger partial charge in [-0.15, -0.1) is 0 Å². The fourth-order valence-corrected chi connectivity index (χ4v) is 5.70. The molecule has 0 radical (unpaired) electrons. The van der Waals surface area contributed by atoms with Gasteiger partial charge >= 0.3 is 0 Å². The van der Waals surface area contributed by atoms with E-state index in [1.165, 1.54) is 44.9 Å². The van der Waals surface area contributed by atoms with Crippen molar-refractivity contribution in [1.82, 2.24) is 4.90 Å². The lowest BCUT2D eigenvalue weighted by Crippen LogP contribution is -2.64. The van der Waals surface area contributed by atoms with Crippen molar-refractivity contribution in [3.63, 3.8) is 0 Å². The topological polar surface area (TPSA) is 40.5 Å². The number of piperidine rings is 1. The van der Waals surface area contributed by atoms with Gasteiger partial charge in [0.25, 0.3) is 0 Å². The van der Waals surface area contributed by atoms with Crippen LogP contribution >= 0.6 is 0 Å². The Morgan fingerprint density at radius 1 is 1.14 bits per heavy atom. The molecule has 22 heavy (non-hydrogen) atoms. The quantitative estimate of drug-likeness (QED) is 0.761. The summed E-state index contributed by atoms with van der Waals surface area (Å²) in [5, 5.41) is 9.86. The number of nitrogens with zero attached hydrogens (tertiary/aromatic N) is 1. The second-order valence-electron chi connectivity index (χ2n) is 7.86. The van der Waals surface area contributed by atoms with E-state index in [-0.39, 0.29) is 18.1 Å². The van der Waals surface area contributed by atoms with Gasteiger partial charge in [-0.05, 0) is 32.1 Å². The van der Waals surface area contributed by atoms with Crippen LogP contribution in [0.3, 0.4) is 0 Å². The summed E-state index contributed by atoms with van der Waals surface area (Å²) in [6.45, 7) is 2.52. The van der Waals surface area contributed by atoms with Gasteiger partial charge in [0.15, 0.2) is 0 Å². The van der Waals surface area contributed by atoms with E-state index in [2.05, 4.69) is 11.8 Å². The number of unbranched alkanes of at least 4 members (excludes halogenated alkanes) is 3. The van der Waals surface area contributed by atoms with Crippen molar-refractivity contribution in [1.29, 1.82) is 0 Å². The van der Waals surface area contributed by atoms with Crippen LogP contribution in [0, 0.1) is 5.92 Å². The van der Waals surface area contributed by atoms with Gasteiger partial charge in [0.2, 0.25) is 0 Å². The largest absolute Gasteiger partial charge is 0.395 e. The summed E-state index contributed by atoms with van der Waals surface area (Å²) in [4.78, 5) is 15.4. The summed E-state index contributed by atoms with van der Waals surface area (Å²) >= 11 is 0. The third-order valence-electron chi connectivity index (χ3n) is 6.64. The van der Waals surface area contributed by atoms with E-state index in [1.807, 2.05) is 0 Å². The first-order valence-corrected chi connectivity index (χ1v) is 9.65. The van der Waals surface area contributed by atoms with E-state index in [4.69, 9.17) is 0 Å². The lowest BCUT2D eigenvalue weighted by Gasteiger charge is -2.55. The number of rotatable bonds is 6. The van der Waals surface area contributed by atoms with Gasteiger partial charge in [0, 0.05) is 30.0 Å². The van der Waals surface area contributed by atoms with Crippen molar-refractivity contribution in [2.75, 3.05) is 6.61 Å². The van der Waals surface area contributed by atoms with Gasteiger partial charge in [-0.1, -0.05) is 45.4 Å². The Bertz CT molecular complexity index is 397. The summed E-state index contributed by atoms with van der Waals surface area (Å²) in [6, 6.07) is 0.711. The van der Waals surface area contributed by atoms with E-state index in [1.54, 1.807) is 0 Å². The molecule has 2 aliphatic heterocycles. The van der Waals surface area contributed by atoms with Crippen LogP contribution in [0.15, 0.2) is 0 Å². The van der Waals surface area contributed by atoms with Crippen LogP contribution in [0.4, 0.5) is 0 Å². The van der Waals surface area contributed by atoms with Crippen LogP contribution in [0.5, 0.6) is 0 Å². The normalized spacial score (nSPS) is 38.8. The zero-order chi connectivity index (χ0) is 15.6. The van der Waals surface area contributed by atoms with Crippen molar-refractivity contribution in [2.45, 2.75) is 102 Å². The van der Waals surface area contributed by atoms with Crippen molar-refractivity contribution in [2.24, 2.45) is 5.92 Å². The van der Waals surface area contributed by atoms with Gasteiger partial charge in [-0.2, -0.15) is 0 Å². The molecule has 0 aromatic heterocycles. The first kappa shape index (κ1) is 16.4. The first-order valence-electron chi connectivity index (χ1n) is 9.65. The summed E-state index contributed by atoms with van der Waals surface area (Å²) in [5.74, 6) is 0.805. The molecule has 3 fully saturated rings. The predicted octanol–water partition coefficient (Wildman–Crippen LogP) is 3.68. The molecule has 0 bridgehead atoms. The van der Waals surface area contributed by atoms with Crippen LogP contribution in [-0.2, 0) is 4.79 Å². The number of aliphatic hydroxyl groups is 1. The molecule has 1 spiro atoms. The molecular weight excluding hydrogens is 274 g/mol. The molecule has 126 valence electrons. The van der Waals surface area contributed by atoms with Crippen LogP contribution in [0.25, 0.3) is 0 Å². The Morgan fingerprint density at radius 2 is 2.00 bits per heavy atom. The van der Waals surface area contributed by atoms with Crippen molar-refractivity contribution < 1.29 is 9.90 Å². The van der Waals surface area contributed by atoms with Gasteiger partial charge in [-0.25, -0.2) is 0 Å². The van der Waals surface area contributed by atoms with E-state index >= 15 is 0 Å². The monoisotopic (exact) mass is 307 g/mol. The zero-order valence-corrected chi connectivity index (χ0v) is 14.2. The Morgan fingerprint density at radius 3 is 2.77 bits per heavy atom. The highest BCUT2D eigenvalue weighted by molar-refractivity contribution is 5.84. The Labute approximate surface area is 135 Å². The van der Waals surface area contributed by atoms with Crippen LogP contribution < -0.4 is 0 Å². The number of hydrogen-bond donors (Lipinski definition) is 1. The van der Waals surface area contributed by atoms with E-state index < -0.39 is 0 Å². The maximum atomic E-state index is 12.8. The SMILES string of the molecule is CCCCCC[C@@H]1CC(=O)[C@H]2CCCC[C@]23CC[C@@H](CO)N13. The maximum absolute atomic E-state index is 12.8. The first-order chi connectivity index (χ1) is 10.7. The standard InChI is InChI=1S/C19H33NO2/c1-2-3-4-5-8-15-13-18(22)17-9-6-7-11-19(17)12-10-16(14-21)20(15)19/h15-17,21H,2-14H2,1H3/t15-,16+,17-,19+/m1/s1. The summed E-state index contributed by atoms with van der Waals surface area (Å²) in [7, 11) is 0. The fourth-order valence-electron chi connectivity index (χ4n) is 5.70. The highest BCUT2D eigenvalue weighted by atomic mass is 16.3. The highest BCUT2D eigenvalue weighted by Crippen LogP contribution is 2.53. The maximum Gasteiger partial charge on any atom is 0.139 e. The van der Waals surface area contributed by atoms with E-state index in [9.17, 15) is 9.90 Å². The lowest BCUT2D eigenvalue weighted by atomic mass is 9.65. The number of ketones is 1. The van der Waals surface area contributed by atoms with Crippen molar-refractivity contribution >= 4 is 5.78 Å². The van der Waals surface area contributed by atoms with Gasteiger partial charge in [-0.3, -0.25) is 9.69 Å². The number of aliphatic hydroxyl groups excluding tert-OH is 1. The minimum atomic E-state index is 0.121. The fraction of sp³-hybridized carbons (Fsp3) is 0.947. The Kier molecular flexibility index (Phi) is 5.24. The Hall–Kier alpha value is -0.410. The third kappa shape index (κ3) is 2.75. The minimum absolute atomic E-state index is 0.121. The molecule has 2 heterocycles. The average molecular weight is 307 g/mol. The molecule has 0 amide bonds. The molecule has 3 heteroatoms. The third-order valence-corrected chi connectivity index (χ3v) is 6.64. The molecular formula is C19H33NO2. The van der Waals surface area contributed by atoms with Gasteiger partial charge < -0.3 is 5.11 Å². The molecule has 3 rings (SSSR count). The Balaban J connectivity index is 1.77. The molecule has 1 aliphatic carbocycles. The lowest BCUT2D eigenvalue weighted by molar-refractivity contribution is -0.144. The van der Waals surface area contributed by atoms with Crippen LogP contribution in [0.2, 0.25) is 0 Å². The molecule has 1 saturated carbocycles. The molecule has 0 aromatic rings. The highest BCUT2D eigenvalue weighted by Gasteiger charge is 2.58. The summed E-state index contributed by atoms with van der Waals surface area (Å²) in [6.07, 6.45) is 14.0. The molecule has 2 saturated heterocycles. The van der Waals surface area contributed by atoms with Crippen molar-refractivity contribution in [3.8, 4) is 0 Å². The van der Waals surface area contributed by atoms with Gasteiger partial charge in [0.05, 0.1) is 6.61 Å². The molecule has 0 unspecified atom stereocenters. The molecule has 1 N–H and O–H groups in total. The number of hydrogen-bond acceptors (Lipinski definition) is 3. The summed E-state index contributed by atoms with van der Waals surface area (Å²) < 4.78 is 0. The molecule has 3 aliphatic rings. The minimum Gasteiger partial charge on any atom is -0.395 e. The molecule has 0 aromatic carbocycles. The van der Waals surface area contributed by atoms with E-state index in [0.29, 0.717) is 17.9 Å². The number of carbonyl (C=O) groups is 1. The smallest absolute Gasteiger partial charge is 0.139 e. The van der Waals surface area contributed by atoms with Crippen LogP contribution in [0.1, 0.15) is 84.0 Å².